The fraction of sp³-hybridized carbons (Fsp3) is 0.500. The quantitative estimate of drug-likeness (QED) is 0.821. The van der Waals surface area contributed by atoms with Gasteiger partial charge in [0.15, 0.2) is 0 Å². The van der Waals surface area contributed by atoms with Gasteiger partial charge in [-0.2, -0.15) is 0 Å². The molecule has 1 aliphatic carbocycles. The minimum Gasteiger partial charge on any atom is -0.395 e. The minimum atomic E-state index is 0.111. The molecule has 1 aromatic rings. The molecule has 0 radical (unpaired) electrons. The molecule has 0 unspecified atom stereocenters. The van der Waals surface area contributed by atoms with Gasteiger partial charge in [-0.1, -0.05) is 42.7 Å². The van der Waals surface area contributed by atoms with Gasteiger partial charge in [0.1, 0.15) is 4.99 Å². The molecule has 0 spiro atoms. The fourth-order valence-corrected chi connectivity index (χ4v) is 3.36. The van der Waals surface area contributed by atoms with E-state index in [4.69, 9.17) is 29.6 Å². The van der Waals surface area contributed by atoms with E-state index in [1.807, 2.05) is 12.1 Å². The summed E-state index contributed by atoms with van der Waals surface area (Å²) in [5.74, 6) is 0. The van der Waals surface area contributed by atoms with Crippen LogP contribution in [0.2, 0.25) is 5.02 Å². The van der Waals surface area contributed by atoms with E-state index in [9.17, 15) is 5.11 Å². The van der Waals surface area contributed by atoms with Crippen LogP contribution in [0.25, 0.3) is 0 Å². The van der Waals surface area contributed by atoms with E-state index in [0.717, 1.165) is 24.1 Å². The molecule has 0 aliphatic heterocycles. The normalized spacial score (nSPS) is 15.7. The van der Waals surface area contributed by atoms with E-state index in [-0.39, 0.29) is 6.61 Å². The molecule has 0 bridgehead atoms. The summed E-state index contributed by atoms with van der Waals surface area (Å²) in [5.41, 5.74) is 7.47. The fourth-order valence-electron chi connectivity index (χ4n) is 2.82. The first-order valence-corrected chi connectivity index (χ1v) is 7.39. The van der Waals surface area contributed by atoms with Crippen LogP contribution in [-0.4, -0.2) is 29.3 Å². The van der Waals surface area contributed by atoms with Crippen LogP contribution in [0.4, 0.5) is 5.69 Å². The number of aliphatic hydroxyl groups excluding tert-OH is 1. The molecule has 1 aliphatic rings. The lowest BCUT2D eigenvalue weighted by atomic mass is 10.1. The topological polar surface area (TPSA) is 49.5 Å². The Morgan fingerprint density at radius 3 is 2.68 bits per heavy atom. The summed E-state index contributed by atoms with van der Waals surface area (Å²) in [7, 11) is 0. The van der Waals surface area contributed by atoms with E-state index in [2.05, 4.69) is 4.90 Å². The highest BCUT2D eigenvalue weighted by Crippen LogP contribution is 2.33. The van der Waals surface area contributed by atoms with Crippen molar-refractivity contribution in [3.05, 3.63) is 28.8 Å². The summed E-state index contributed by atoms with van der Waals surface area (Å²) in [6.45, 7) is 0.695. The summed E-state index contributed by atoms with van der Waals surface area (Å²) in [5, 5.41) is 9.89. The highest BCUT2D eigenvalue weighted by Gasteiger charge is 2.25. The first-order valence-electron chi connectivity index (χ1n) is 6.61. The molecule has 3 nitrogen and oxygen atoms in total. The van der Waals surface area contributed by atoms with Crippen LogP contribution in [0.5, 0.6) is 0 Å². The molecule has 0 heterocycles. The van der Waals surface area contributed by atoms with Gasteiger partial charge >= 0.3 is 0 Å². The molecular formula is C14H19ClN2OS. The minimum absolute atomic E-state index is 0.111. The third kappa shape index (κ3) is 3.19. The van der Waals surface area contributed by atoms with E-state index in [0.29, 0.717) is 22.6 Å². The summed E-state index contributed by atoms with van der Waals surface area (Å²) in [4.78, 5) is 2.51. The average Bonchev–Trinajstić information content (AvgIpc) is 2.88. The lowest BCUT2D eigenvalue weighted by Crippen LogP contribution is -2.37. The van der Waals surface area contributed by atoms with Crippen molar-refractivity contribution in [2.75, 3.05) is 18.1 Å². The van der Waals surface area contributed by atoms with E-state index in [1.54, 1.807) is 6.07 Å². The zero-order valence-corrected chi connectivity index (χ0v) is 12.4. The highest BCUT2D eigenvalue weighted by molar-refractivity contribution is 7.80. The smallest absolute Gasteiger partial charge is 0.107 e. The van der Waals surface area contributed by atoms with E-state index in [1.165, 1.54) is 12.8 Å². The number of hydrogen-bond donors (Lipinski definition) is 2. The number of aliphatic hydroxyl groups is 1. The number of hydrogen-bond acceptors (Lipinski definition) is 3. The summed E-state index contributed by atoms with van der Waals surface area (Å²) in [6.07, 6.45) is 4.75. The summed E-state index contributed by atoms with van der Waals surface area (Å²) < 4.78 is 0. The number of nitrogens with two attached hydrogens (primary N) is 1. The van der Waals surface area contributed by atoms with Crippen molar-refractivity contribution < 1.29 is 5.11 Å². The Morgan fingerprint density at radius 2 is 2.11 bits per heavy atom. The van der Waals surface area contributed by atoms with Gasteiger partial charge in [-0.3, -0.25) is 0 Å². The molecule has 2 rings (SSSR count). The molecule has 0 atom stereocenters. The van der Waals surface area contributed by atoms with Crippen LogP contribution in [0.1, 0.15) is 31.2 Å². The summed E-state index contributed by atoms with van der Waals surface area (Å²) >= 11 is 11.3. The highest BCUT2D eigenvalue weighted by atomic mass is 35.5. The maximum absolute atomic E-state index is 9.32. The van der Waals surface area contributed by atoms with Crippen LogP contribution in [0.15, 0.2) is 18.2 Å². The Bertz CT molecular complexity index is 461. The number of benzene rings is 1. The molecule has 3 N–H and O–H groups in total. The maximum atomic E-state index is 9.32. The second-order valence-electron chi connectivity index (χ2n) is 4.85. The van der Waals surface area contributed by atoms with Gasteiger partial charge in [0.2, 0.25) is 0 Å². The number of halogens is 1. The predicted octanol–water partition coefficient (Wildman–Crippen LogP) is 2.72. The maximum Gasteiger partial charge on any atom is 0.107 e. The summed E-state index contributed by atoms with van der Waals surface area (Å²) in [6, 6.07) is 6.12. The molecule has 5 heteroatoms. The van der Waals surface area contributed by atoms with Gasteiger partial charge in [0, 0.05) is 18.3 Å². The van der Waals surface area contributed by atoms with Gasteiger partial charge in [-0.25, -0.2) is 0 Å². The van der Waals surface area contributed by atoms with Crippen molar-refractivity contribution in [2.45, 2.75) is 31.7 Å². The van der Waals surface area contributed by atoms with Crippen LogP contribution < -0.4 is 10.6 Å². The molecule has 1 saturated carbocycles. The Hall–Kier alpha value is -0.840. The second kappa shape index (κ2) is 6.55. The third-order valence-electron chi connectivity index (χ3n) is 3.65. The Morgan fingerprint density at radius 1 is 1.42 bits per heavy atom. The average molecular weight is 299 g/mol. The van der Waals surface area contributed by atoms with Crippen molar-refractivity contribution in [1.29, 1.82) is 0 Å². The van der Waals surface area contributed by atoms with Crippen LogP contribution in [-0.2, 0) is 0 Å². The standard InChI is InChI=1S/C14H19ClN2OS/c15-11-6-3-7-12(13(11)14(16)19)17(8-9-18)10-4-1-2-5-10/h3,6-7,10,18H,1-2,4-5,8-9H2,(H2,16,19). The van der Waals surface area contributed by atoms with Crippen molar-refractivity contribution in [1.82, 2.24) is 0 Å². The Labute approximate surface area is 124 Å². The number of nitrogens with zero attached hydrogens (tertiary/aromatic N) is 1. The molecule has 0 amide bonds. The van der Waals surface area contributed by atoms with Crippen molar-refractivity contribution in [3.8, 4) is 0 Å². The van der Waals surface area contributed by atoms with Crippen molar-refractivity contribution in [3.63, 3.8) is 0 Å². The largest absolute Gasteiger partial charge is 0.395 e. The monoisotopic (exact) mass is 298 g/mol. The first kappa shape index (κ1) is 14.6. The van der Waals surface area contributed by atoms with Crippen LogP contribution in [0.3, 0.4) is 0 Å². The number of anilines is 1. The van der Waals surface area contributed by atoms with Gasteiger partial charge in [0.05, 0.1) is 17.2 Å². The molecule has 1 fully saturated rings. The second-order valence-corrected chi connectivity index (χ2v) is 5.70. The number of thiocarbonyl (C=S) groups is 1. The van der Waals surface area contributed by atoms with Crippen molar-refractivity contribution >= 4 is 34.5 Å². The zero-order valence-electron chi connectivity index (χ0n) is 10.8. The number of rotatable bonds is 5. The van der Waals surface area contributed by atoms with Gasteiger partial charge in [0.25, 0.3) is 0 Å². The molecule has 0 aromatic heterocycles. The Balaban J connectivity index is 2.40. The lowest BCUT2D eigenvalue weighted by molar-refractivity contribution is 0.297. The lowest BCUT2D eigenvalue weighted by Gasteiger charge is -2.32. The molecule has 0 saturated heterocycles. The van der Waals surface area contributed by atoms with Crippen LogP contribution in [0, 0.1) is 0 Å². The first-order chi connectivity index (χ1) is 9.15. The van der Waals surface area contributed by atoms with Gasteiger partial charge in [-0.05, 0) is 25.0 Å². The predicted molar refractivity (Wildman–Crippen MR) is 84.0 cm³/mol. The SMILES string of the molecule is NC(=S)c1c(Cl)cccc1N(CCO)C1CCCC1. The van der Waals surface area contributed by atoms with E-state index < -0.39 is 0 Å². The third-order valence-corrected chi connectivity index (χ3v) is 4.17. The van der Waals surface area contributed by atoms with Gasteiger partial charge < -0.3 is 15.7 Å². The zero-order chi connectivity index (χ0) is 13.8. The van der Waals surface area contributed by atoms with Crippen molar-refractivity contribution in [2.24, 2.45) is 5.73 Å². The molecule has 1 aromatic carbocycles. The van der Waals surface area contributed by atoms with Gasteiger partial charge in [-0.15, -0.1) is 0 Å². The van der Waals surface area contributed by atoms with Crippen LogP contribution >= 0.6 is 23.8 Å². The molecule has 104 valence electrons. The Kier molecular flexibility index (Phi) is 5.02. The molecule has 19 heavy (non-hydrogen) atoms. The van der Waals surface area contributed by atoms with E-state index >= 15 is 0 Å². The molecular weight excluding hydrogens is 280 g/mol.